The molecule has 0 aromatic heterocycles. The predicted molar refractivity (Wildman–Crippen MR) is 92.1 cm³/mol. The molecule has 0 bridgehead atoms. The van der Waals surface area contributed by atoms with Gasteiger partial charge in [0.25, 0.3) is 0 Å². The lowest BCUT2D eigenvalue weighted by Gasteiger charge is -2.05. The molecule has 114 valence electrons. The van der Waals surface area contributed by atoms with E-state index in [9.17, 15) is 0 Å². The zero-order valence-electron chi connectivity index (χ0n) is 13.8. The third-order valence-electron chi connectivity index (χ3n) is 2.74. The van der Waals surface area contributed by atoms with E-state index in [1.54, 1.807) is 7.11 Å². The first-order valence-electron chi connectivity index (χ1n) is 7.31. The predicted octanol–water partition coefficient (Wildman–Crippen LogP) is 4.28. The van der Waals surface area contributed by atoms with Crippen molar-refractivity contribution in [2.45, 2.75) is 33.2 Å². The van der Waals surface area contributed by atoms with Crippen LogP contribution in [0.3, 0.4) is 0 Å². The number of rotatable bonds is 6. The second kappa shape index (κ2) is 8.71. The standard InChI is InChI=1S/C18H26O2Si/c1-16(12-14-21(3,4)5)7-6-13-20-15-17-8-10-18(19-2)11-9-17/h6-11,16H,13,15H2,1-5H3/b7-6+. The monoisotopic (exact) mass is 302 g/mol. The van der Waals surface area contributed by atoms with E-state index >= 15 is 0 Å². The van der Waals surface area contributed by atoms with Crippen LogP contribution in [0, 0.1) is 17.4 Å². The van der Waals surface area contributed by atoms with Crippen molar-refractivity contribution >= 4 is 8.07 Å². The highest BCUT2D eigenvalue weighted by Gasteiger charge is 2.07. The third kappa shape index (κ3) is 8.39. The van der Waals surface area contributed by atoms with Crippen molar-refractivity contribution in [1.82, 2.24) is 0 Å². The van der Waals surface area contributed by atoms with Crippen LogP contribution in [-0.2, 0) is 11.3 Å². The molecule has 0 saturated carbocycles. The van der Waals surface area contributed by atoms with E-state index in [4.69, 9.17) is 9.47 Å². The Balaban J connectivity index is 2.29. The van der Waals surface area contributed by atoms with Crippen molar-refractivity contribution in [1.29, 1.82) is 0 Å². The first-order chi connectivity index (χ1) is 9.90. The van der Waals surface area contributed by atoms with Crippen molar-refractivity contribution < 1.29 is 9.47 Å². The fraction of sp³-hybridized carbons (Fsp3) is 0.444. The van der Waals surface area contributed by atoms with Gasteiger partial charge in [-0.15, -0.1) is 11.5 Å². The molecule has 0 amide bonds. The maximum Gasteiger partial charge on any atom is 0.129 e. The van der Waals surface area contributed by atoms with Gasteiger partial charge in [0, 0.05) is 5.92 Å². The summed E-state index contributed by atoms with van der Waals surface area (Å²) >= 11 is 0. The van der Waals surface area contributed by atoms with Gasteiger partial charge in [0.05, 0.1) is 20.3 Å². The van der Waals surface area contributed by atoms with Crippen LogP contribution >= 0.6 is 0 Å². The van der Waals surface area contributed by atoms with Crippen LogP contribution in [0.15, 0.2) is 36.4 Å². The molecule has 1 unspecified atom stereocenters. The molecule has 0 N–H and O–H groups in total. The second-order valence-electron chi connectivity index (χ2n) is 6.10. The van der Waals surface area contributed by atoms with Crippen LogP contribution in [0.1, 0.15) is 12.5 Å². The Morgan fingerprint density at radius 1 is 1.19 bits per heavy atom. The molecule has 0 aliphatic heterocycles. The fourth-order valence-corrected chi connectivity index (χ4v) is 2.27. The zero-order valence-corrected chi connectivity index (χ0v) is 14.8. The molecule has 0 fully saturated rings. The Hall–Kier alpha value is -1.50. The molecule has 1 aromatic carbocycles. The van der Waals surface area contributed by atoms with Gasteiger partial charge in [-0.25, -0.2) is 0 Å². The molecule has 0 saturated heterocycles. The molecule has 3 heteroatoms. The molecule has 21 heavy (non-hydrogen) atoms. The van der Waals surface area contributed by atoms with Gasteiger partial charge in [-0.1, -0.05) is 43.9 Å². The lowest BCUT2D eigenvalue weighted by Crippen LogP contribution is -2.16. The number of benzene rings is 1. The van der Waals surface area contributed by atoms with Gasteiger partial charge >= 0.3 is 0 Å². The minimum Gasteiger partial charge on any atom is -0.497 e. The average molecular weight is 302 g/mol. The molecular formula is C18H26O2Si. The van der Waals surface area contributed by atoms with E-state index in [1.165, 1.54) is 0 Å². The number of hydrogen-bond donors (Lipinski definition) is 0. The first-order valence-corrected chi connectivity index (χ1v) is 10.8. The minimum absolute atomic E-state index is 0.293. The van der Waals surface area contributed by atoms with Gasteiger partial charge in [-0.05, 0) is 24.6 Å². The second-order valence-corrected chi connectivity index (χ2v) is 10.8. The third-order valence-corrected chi connectivity index (χ3v) is 3.64. The van der Waals surface area contributed by atoms with E-state index in [1.807, 2.05) is 30.3 Å². The summed E-state index contributed by atoms with van der Waals surface area (Å²) in [5.41, 5.74) is 4.53. The van der Waals surface area contributed by atoms with E-state index in [-0.39, 0.29) is 0 Å². The Morgan fingerprint density at radius 3 is 2.43 bits per heavy atom. The summed E-state index contributed by atoms with van der Waals surface area (Å²) in [7, 11) is 0.406. The van der Waals surface area contributed by atoms with Gasteiger partial charge in [0.1, 0.15) is 13.8 Å². The van der Waals surface area contributed by atoms with Crippen LogP contribution in [0.4, 0.5) is 0 Å². The number of allylic oxidation sites excluding steroid dienone is 1. The lowest BCUT2D eigenvalue weighted by molar-refractivity contribution is 0.148. The smallest absolute Gasteiger partial charge is 0.129 e. The van der Waals surface area contributed by atoms with E-state index in [2.05, 4.69) is 44.1 Å². The molecule has 1 atom stereocenters. The van der Waals surface area contributed by atoms with Crippen molar-refractivity contribution in [2.24, 2.45) is 5.92 Å². The highest BCUT2D eigenvalue weighted by atomic mass is 28.3. The van der Waals surface area contributed by atoms with Gasteiger partial charge in [-0.3, -0.25) is 0 Å². The maximum absolute atomic E-state index is 5.62. The summed E-state index contributed by atoms with van der Waals surface area (Å²) < 4.78 is 10.7. The molecule has 1 rings (SSSR count). The Bertz CT molecular complexity index is 501. The van der Waals surface area contributed by atoms with Crippen LogP contribution < -0.4 is 4.74 Å². The highest BCUT2D eigenvalue weighted by molar-refractivity contribution is 6.83. The van der Waals surface area contributed by atoms with E-state index < -0.39 is 8.07 Å². The molecular weight excluding hydrogens is 276 g/mol. The summed E-state index contributed by atoms with van der Waals surface area (Å²) in [6.07, 6.45) is 4.16. The van der Waals surface area contributed by atoms with Crippen molar-refractivity contribution in [3.05, 3.63) is 42.0 Å². The Labute approximate surface area is 130 Å². The SMILES string of the molecule is COc1ccc(COC/C=C/C(C)C#C[Si](C)(C)C)cc1. The fourth-order valence-electron chi connectivity index (χ4n) is 1.60. The van der Waals surface area contributed by atoms with E-state index in [0.29, 0.717) is 19.1 Å². The molecule has 0 aliphatic rings. The first kappa shape index (κ1) is 17.5. The topological polar surface area (TPSA) is 18.5 Å². The number of methoxy groups -OCH3 is 1. The van der Waals surface area contributed by atoms with Gasteiger partial charge in [-0.2, -0.15) is 0 Å². The van der Waals surface area contributed by atoms with Crippen LogP contribution in [-0.4, -0.2) is 21.8 Å². The van der Waals surface area contributed by atoms with Crippen LogP contribution in [0.5, 0.6) is 5.75 Å². The molecule has 2 nitrogen and oxygen atoms in total. The Morgan fingerprint density at radius 2 is 1.86 bits per heavy atom. The van der Waals surface area contributed by atoms with Crippen molar-refractivity contribution in [2.75, 3.05) is 13.7 Å². The van der Waals surface area contributed by atoms with Gasteiger partial charge in [0.2, 0.25) is 0 Å². The van der Waals surface area contributed by atoms with Crippen LogP contribution in [0.2, 0.25) is 19.6 Å². The normalized spacial score (nSPS) is 12.8. The number of ether oxygens (including phenoxy) is 2. The molecule has 1 aromatic rings. The van der Waals surface area contributed by atoms with Gasteiger partial charge in [0.15, 0.2) is 0 Å². The molecule has 0 radical (unpaired) electrons. The number of hydrogen-bond acceptors (Lipinski definition) is 2. The summed E-state index contributed by atoms with van der Waals surface area (Å²) in [5, 5.41) is 0. The molecule has 0 spiro atoms. The van der Waals surface area contributed by atoms with Crippen molar-refractivity contribution in [3.8, 4) is 17.2 Å². The Kier molecular flexibility index (Phi) is 7.28. The summed E-state index contributed by atoms with van der Waals surface area (Å²) in [6.45, 7) is 10.1. The summed E-state index contributed by atoms with van der Waals surface area (Å²) in [6, 6.07) is 7.93. The zero-order chi connectivity index (χ0) is 15.7. The highest BCUT2D eigenvalue weighted by Crippen LogP contribution is 2.11. The molecule has 0 heterocycles. The van der Waals surface area contributed by atoms with Gasteiger partial charge < -0.3 is 9.47 Å². The molecule has 0 aliphatic carbocycles. The summed E-state index contributed by atoms with van der Waals surface area (Å²) in [4.78, 5) is 0. The largest absolute Gasteiger partial charge is 0.497 e. The minimum atomic E-state index is -1.26. The van der Waals surface area contributed by atoms with Crippen LogP contribution in [0.25, 0.3) is 0 Å². The quantitative estimate of drug-likeness (QED) is 0.338. The lowest BCUT2D eigenvalue weighted by atomic mass is 10.2. The van der Waals surface area contributed by atoms with Crippen molar-refractivity contribution in [3.63, 3.8) is 0 Å². The van der Waals surface area contributed by atoms with E-state index in [0.717, 1.165) is 11.3 Å². The summed E-state index contributed by atoms with van der Waals surface area (Å²) in [5.74, 6) is 4.46. The average Bonchev–Trinajstić information content (AvgIpc) is 2.44. The maximum atomic E-state index is 5.62.